The number of aromatic nitrogens is 2. The maximum atomic E-state index is 5.86. The summed E-state index contributed by atoms with van der Waals surface area (Å²) >= 11 is 0. The molecule has 0 amide bonds. The molecule has 2 aromatic rings. The van der Waals surface area contributed by atoms with Crippen molar-refractivity contribution in [2.45, 2.75) is 6.92 Å². The average Bonchev–Trinajstić information content (AvgIpc) is 2.39. The first-order valence-corrected chi connectivity index (χ1v) is 6.10. The molecule has 94 valence electrons. The van der Waals surface area contributed by atoms with E-state index < -0.39 is 0 Å². The molecule has 3 rings (SSSR count). The number of aryl methyl sites for hydroxylation is 1. The molecule has 1 fully saturated rings. The molecule has 5 heteroatoms. The Balaban J connectivity index is 2.16. The van der Waals surface area contributed by atoms with E-state index in [9.17, 15) is 0 Å². The monoisotopic (exact) mass is 244 g/mol. The molecular weight excluding hydrogens is 228 g/mol. The molecule has 18 heavy (non-hydrogen) atoms. The molecule has 0 spiro atoms. The van der Waals surface area contributed by atoms with Crippen molar-refractivity contribution in [3.63, 3.8) is 0 Å². The molecule has 1 saturated heterocycles. The Morgan fingerprint density at radius 3 is 2.78 bits per heavy atom. The highest BCUT2D eigenvalue weighted by Gasteiger charge is 2.16. The summed E-state index contributed by atoms with van der Waals surface area (Å²) in [4.78, 5) is 11.3. The summed E-state index contributed by atoms with van der Waals surface area (Å²) in [6, 6.07) is 5.76. The van der Waals surface area contributed by atoms with Gasteiger partial charge in [-0.3, -0.25) is 0 Å². The van der Waals surface area contributed by atoms with Gasteiger partial charge in [0.25, 0.3) is 0 Å². The third-order valence-electron chi connectivity index (χ3n) is 3.12. The Morgan fingerprint density at radius 1 is 1.22 bits per heavy atom. The second-order valence-corrected chi connectivity index (χ2v) is 4.47. The fraction of sp³-hybridized carbons (Fsp3) is 0.385. The summed E-state index contributed by atoms with van der Waals surface area (Å²) < 4.78 is 5.38. The Bertz CT molecular complexity index is 578. The standard InChI is InChI=1S/C13H16N4O/c1-9-15-12-3-2-10(14)8-11(12)13(16-9)17-4-6-18-7-5-17/h2-3,8H,4-7,14H2,1H3. The number of nitrogens with zero attached hydrogens (tertiary/aromatic N) is 3. The smallest absolute Gasteiger partial charge is 0.140 e. The average molecular weight is 244 g/mol. The zero-order chi connectivity index (χ0) is 12.5. The molecule has 0 bridgehead atoms. The van der Waals surface area contributed by atoms with Gasteiger partial charge in [-0.05, 0) is 25.1 Å². The number of rotatable bonds is 1. The third kappa shape index (κ3) is 1.97. The van der Waals surface area contributed by atoms with Gasteiger partial charge < -0.3 is 15.4 Å². The van der Waals surface area contributed by atoms with Crippen LogP contribution in [0.15, 0.2) is 18.2 Å². The molecule has 0 unspecified atom stereocenters. The van der Waals surface area contributed by atoms with E-state index in [0.29, 0.717) is 0 Å². The highest BCUT2D eigenvalue weighted by atomic mass is 16.5. The molecule has 2 heterocycles. The van der Waals surface area contributed by atoms with Crippen LogP contribution in [-0.4, -0.2) is 36.3 Å². The Kier molecular flexibility index (Phi) is 2.76. The lowest BCUT2D eigenvalue weighted by Gasteiger charge is -2.28. The number of fused-ring (bicyclic) bond motifs is 1. The Hall–Kier alpha value is -1.88. The number of anilines is 2. The van der Waals surface area contributed by atoms with Gasteiger partial charge in [-0.2, -0.15) is 0 Å². The maximum Gasteiger partial charge on any atom is 0.140 e. The quantitative estimate of drug-likeness (QED) is 0.767. The van der Waals surface area contributed by atoms with E-state index >= 15 is 0 Å². The lowest BCUT2D eigenvalue weighted by Crippen LogP contribution is -2.37. The molecule has 1 aromatic heterocycles. The highest BCUT2D eigenvalue weighted by Crippen LogP contribution is 2.26. The molecule has 0 atom stereocenters. The van der Waals surface area contributed by atoms with Gasteiger partial charge in [0.2, 0.25) is 0 Å². The Morgan fingerprint density at radius 2 is 2.00 bits per heavy atom. The van der Waals surface area contributed by atoms with Crippen LogP contribution in [0.1, 0.15) is 5.82 Å². The minimum atomic E-state index is 0.740. The predicted molar refractivity (Wildman–Crippen MR) is 71.7 cm³/mol. The van der Waals surface area contributed by atoms with Crippen LogP contribution in [0.2, 0.25) is 0 Å². The first-order valence-electron chi connectivity index (χ1n) is 6.10. The van der Waals surface area contributed by atoms with Crippen LogP contribution in [0.25, 0.3) is 10.9 Å². The molecule has 2 N–H and O–H groups in total. The van der Waals surface area contributed by atoms with E-state index in [0.717, 1.165) is 54.5 Å². The zero-order valence-electron chi connectivity index (χ0n) is 10.4. The SMILES string of the molecule is Cc1nc(N2CCOCC2)c2cc(N)ccc2n1. The van der Waals surface area contributed by atoms with Crippen molar-refractivity contribution in [1.82, 2.24) is 9.97 Å². The van der Waals surface area contributed by atoms with E-state index in [1.54, 1.807) is 0 Å². The van der Waals surface area contributed by atoms with Crippen molar-refractivity contribution >= 4 is 22.4 Å². The number of hydrogen-bond acceptors (Lipinski definition) is 5. The summed E-state index contributed by atoms with van der Waals surface area (Å²) in [6.45, 7) is 5.13. The summed E-state index contributed by atoms with van der Waals surface area (Å²) in [5, 5.41) is 1.02. The first kappa shape index (κ1) is 11.2. The molecule has 0 radical (unpaired) electrons. The number of benzene rings is 1. The largest absolute Gasteiger partial charge is 0.399 e. The van der Waals surface area contributed by atoms with E-state index in [2.05, 4.69) is 14.9 Å². The molecule has 0 saturated carbocycles. The maximum absolute atomic E-state index is 5.86. The van der Waals surface area contributed by atoms with Gasteiger partial charge in [0, 0.05) is 24.2 Å². The second-order valence-electron chi connectivity index (χ2n) is 4.47. The van der Waals surface area contributed by atoms with Crippen molar-refractivity contribution in [2.75, 3.05) is 36.9 Å². The van der Waals surface area contributed by atoms with Gasteiger partial charge in [-0.1, -0.05) is 0 Å². The molecule has 5 nitrogen and oxygen atoms in total. The number of nitrogen functional groups attached to an aromatic ring is 1. The molecular formula is C13H16N4O. The summed E-state index contributed by atoms with van der Waals surface area (Å²) in [6.07, 6.45) is 0. The van der Waals surface area contributed by atoms with E-state index in [4.69, 9.17) is 10.5 Å². The topological polar surface area (TPSA) is 64.3 Å². The predicted octanol–water partition coefficient (Wildman–Crippen LogP) is 1.36. The lowest BCUT2D eigenvalue weighted by atomic mass is 10.2. The first-order chi connectivity index (χ1) is 8.74. The van der Waals surface area contributed by atoms with Gasteiger partial charge in [0.05, 0.1) is 18.7 Å². The minimum absolute atomic E-state index is 0.740. The van der Waals surface area contributed by atoms with Gasteiger partial charge in [-0.25, -0.2) is 9.97 Å². The van der Waals surface area contributed by atoms with E-state index in [-0.39, 0.29) is 0 Å². The van der Waals surface area contributed by atoms with Crippen LogP contribution in [0.4, 0.5) is 11.5 Å². The van der Waals surface area contributed by atoms with Gasteiger partial charge in [0.15, 0.2) is 0 Å². The lowest BCUT2D eigenvalue weighted by molar-refractivity contribution is 0.122. The molecule has 1 aliphatic heterocycles. The van der Waals surface area contributed by atoms with Crippen LogP contribution in [-0.2, 0) is 4.74 Å². The highest BCUT2D eigenvalue weighted by molar-refractivity contribution is 5.91. The molecule has 1 aromatic carbocycles. The Labute approximate surface area is 106 Å². The van der Waals surface area contributed by atoms with Crippen LogP contribution in [0, 0.1) is 6.92 Å². The van der Waals surface area contributed by atoms with E-state index in [1.165, 1.54) is 0 Å². The van der Waals surface area contributed by atoms with Crippen LogP contribution in [0.5, 0.6) is 0 Å². The summed E-state index contributed by atoms with van der Waals surface area (Å²) in [5.41, 5.74) is 7.54. The van der Waals surface area contributed by atoms with Crippen LogP contribution >= 0.6 is 0 Å². The molecule has 0 aliphatic carbocycles. The van der Waals surface area contributed by atoms with Crippen molar-refractivity contribution in [3.8, 4) is 0 Å². The third-order valence-corrected chi connectivity index (χ3v) is 3.12. The fourth-order valence-electron chi connectivity index (χ4n) is 2.26. The van der Waals surface area contributed by atoms with Gasteiger partial charge in [-0.15, -0.1) is 0 Å². The van der Waals surface area contributed by atoms with Crippen molar-refractivity contribution in [3.05, 3.63) is 24.0 Å². The zero-order valence-corrected chi connectivity index (χ0v) is 10.4. The number of hydrogen-bond donors (Lipinski definition) is 1. The number of ether oxygens (including phenoxy) is 1. The molecule has 1 aliphatic rings. The summed E-state index contributed by atoms with van der Waals surface area (Å²) in [5.74, 6) is 1.75. The number of nitrogens with two attached hydrogens (primary N) is 1. The van der Waals surface area contributed by atoms with Crippen LogP contribution < -0.4 is 10.6 Å². The second kappa shape index (κ2) is 4.42. The normalized spacial score (nSPS) is 16.2. The summed E-state index contributed by atoms with van der Waals surface area (Å²) in [7, 11) is 0. The van der Waals surface area contributed by atoms with Gasteiger partial charge >= 0.3 is 0 Å². The van der Waals surface area contributed by atoms with Gasteiger partial charge in [0.1, 0.15) is 11.6 Å². The van der Waals surface area contributed by atoms with Crippen molar-refractivity contribution < 1.29 is 4.74 Å². The number of morpholine rings is 1. The van der Waals surface area contributed by atoms with Crippen LogP contribution in [0.3, 0.4) is 0 Å². The van der Waals surface area contributed by atoms with Crippen molar-refractivity contribution in [2.24, 2.45) is 0 Å². The van der Waals surface area contributed by atoms with Crippen molar-refractivity contribution in [1.29, 1.82) is 0 Å². The fourth-order valence-corrected chi connectivity index (χ4v) is 2.26. The van der Waals surface area contributed by atoms with E-state index in [1.807, 2.05) is 25.1 Å². The minimum Gasteiger partial charge on any atom is -0.399 e.